The van der Waals surface area contributed by atoms with Crippen LogP contribution in [-0.2, 0) is 0 Å². The molecule has 0 unspecified atom stereocenters. The van der Waals surface area contributed by atoms with E-state index in [2.05, 4.69) is 273 Å². The highest BCUT2D eigenvalue weighted by atomic mass is 16.7. The van der Waals surface area contributed by atoms with E-state index in [0.717, 1.165) is 151 Å². The molecule has 0 saturated carbocycles. The summed E-state index contributed by atoms with van der Waals surface area (Å²) in [7, 11) is 0. The summed E-state index contributed by atoms with van der Waals surface area (Å²) in [6, 6.07) is 100. The highest BCUT2D eigenvalue weighted by Gasteiger charge is 2.34. The van der Waals surface area contributed by atoms with Crippen molar-refractivity contribution in [2.75, 3.05) is 20.4 Å². The number of rotatable bonds is 9. The Hall–Kier alpha value is -12.1. The lowest BCUT2D eigenvalue weighted by Gasteiger charge is -2.29. The predicted molar refractivity (Wildman–Crippen MR) is 374 cm³/mol. The fourth-order valence-corrected chi connectivity index (χ4v) is 15.0. The van der Waals surface area contributed by atoms with Crippen LogP contribution in [0, 0.1) is 0 Å². The van der Waals surface area contributed by atoms with Crippen molar-refractivity contribution in [3.63, 3.8) is 0 Å². The Labute approximate surface area is 538 Å². The summed E-state index contributed by atoms with van der Waals surface area (Å²) < 4.78 is 35.3. The largest absolute Gasteiger partial charge is 0.454 e. The van der Waals surface area contributed by atoms with Gasteiger partial charge in [-0.1, -0.05) is 218 Å². The smallest absolute Gasteiger partial charge is 0.231 e. The van der Waals surface area contributed by atoms with Crippen LogP contribution in [0.1, 0.15) is 50.1 Å². The summed E-state index contributed by atoms with van der Waals surface area (Å²) in [5.74, 6) is 4.52. The zero-order valence-electron chi connectivity index (χ0n) is 50.3. The van der Waals surface area contributed by atoms with E-state index in [-0.39, 0.29) is 20.4 Å². The highest BCUT2D eigenvalue weighted by molar-refractivity contribution is 6.18. The normalized spacial score (nSPS) is 14.9. The molecule has 6 heteroatoms. The minimum atomic E-state index is 0.210. The van der Waals surface area contributed by atoms with Gasteiger partial charge in [-0.2, -0.15) is 0 Å². The maximum absolute atomic E-state index is 5.97. The van der Waals surface area contributed by atoms with E-state index in [1.54, 1.807) is 0 Å². The van der Waals surface area contributed by atoms with Gasteiger partial charge in [-0.25, -0.2) is 0 Å². The Morgan fingerprint density at radius 1 is 0.183 bits per heavy atom. The van der Waals surface area contributed by atoms with Crippen molar-refractivity contribution >= 4 is 34.9 Å². The van der Waals surface area contributed by atoms with Crippen molar-refractivity contribution in [3.8, 4) is 135 Å². The molecule has 0 aromatic heterocycles. The first-order valence-electron chi connectivity index (χ1n) is 31.6. The average molecular weight is 1200 g/mol. The lowest BCUT2D eigenvalue weighted by atomic mass is 9.73. The van der Waals surface area contributed by atoms with Crippen LogP contribution in [0.25, 0.3) is 135 Å². The summed E-state index contributed by atoms with van der Waals surface area (Å²) >= 11 is 0. The third-order valence-corrected chi connectivity index (χ3v) is 19.1. The molecule has 13 aromatic rings. The van der Waals surface area contributed by atoms with E-state index in [9.17, 15) is 0 Å². The second-order valence-corrected chi connectivity index (χ2v) is 24.3. The zero-order valence-corrected chi connectivity index (χ0v) is 50.3. The molecule has 0 amide bonds. The van der Waals surface area contributed by atoms with Gasteiger partial charge >= 0.3 is 0 Å². The molecule has 3 aliphatic heterocycles. The van der Waals surface area contributed by atoms with Crippen molar-refractivity contribution in [1.29, 1.82) is 0 Å². The second kappa shape index (κ2) is 21.3. The molecule has 3 aliphatic carbocycles. The van der Waals surface area contributed by atoms with Crippen LogP contribution < -0.4 is 28.4 Å². The van der Waals surface area contributed by atoms with Gasteiger partial charge in [0.05, 0.1) is 0 Å². The van der Waals surface area contributed by atoms with Crippen LogP contribution in [0.15, 0.2) is 273 Å². The highest BCUT2D eigenvalue weighted by Crippen LogP contribution is 2.60. The number of hydrogen-bond donors (Lipinski definition) is 0. The van der Waals surface area contributed by atoms with Gasteiger partial charge in [-0.3, -0.25) is 0 Å². The lowest BCUT2D eigenvalue weighted by molar-refractivity contribution is 0.173. The van der Waals surface area contributed by atoms with Crippen molar-refractivity contribution in [1.82, 2.24) is 0 Å². The Morgan fingerprint density at radius 3 is 0.731 bits per heavy atom. The molecule has 6 nitrogen and oxygen atoms in total. The molecule has 0 radical (unpaired) electrons. The molecular formula is C87H54O6. The summed E-state index contributed by atoms with van der Waals surface area (Å²) in [5, 5.41) is 0. The average Bonchev–Trinajstić information content (AvgIpc) is 1.74. The zero-order chi connectivity index (χ0) is 61.1. The summed E-state index contributed by atoms with van der Waals surface area (Å²) in [4.78, 5) is 0. The van der Waals surface area contributed by atoms with E-state index < -0.39 is 0 Å². The van der Waals surface area contributed by atoms with Gasteiger partial charge in [0, 0.05) is 0 Å². The standard InChI is InChI=1S/C87H54O6/c1-4-16-55(17-5-1)82-85(58-31-34-67-61-22-10-13-25-64(61)70(73(67)46-58)40-52-28-37-76-79(43-52)91-49-88-76)83(56-18-6-2-7-19-56)87(60-33-36-69-63-24-12-15-27-66(63)72(75(69)48-60)42-54-30-39-78-81(45-54)93-51-90-78)84(57-20-8-3-9-21-57)86(82)59-32-35-68-62-23-11-14-26-65(62)71(74(68)47-59)41-53-29-38-77-80(44-53)92-50-89-77/h1-48H,49-51H2/b70-40+,71-41+,72-42+. The quantitative estimate of drug-likeness (QED) is 0.144. The summed E-state index contributed by atoms with van der Waals surface area (Å²) in [6.45, 7) is 0.629. The van der Waals surface area contributed by atoms with Gasteiger partial charge < -0.3 is 28.4 Å². The summed E-state index contributed by atoms with van der Waals surface area (Å²) in [6.07, 6.45) is 6.95. The van der Waals surface area contributed by atoms with E-state index in [1.807, 2.05) is 18.2 Å². The first-order chi connectivity index (χ1) is 46.1. The molecule has 19 rings (SSSR count). The maximum atomic E-state index is 5.97. The Morgan fingerprint density at radius 2 is 0.430 bits per heavy atom. The molecule has 0 fully saturated rings. The fraction of sp³-hybridized carbons (Fsp3) is 0.0345. The third kappa shape index (κ3) is 8.63. The molecule has 0 spiro atoms. The Bertz CT molecular complexity index is 4850. The molecule has 13 aromatic carbocycles. The minimum Gasteiger partial charge on any atom is -0.454 e. The fourth-order valence-electron chi connectivity index (χ4n) is 15.0. The topological polar surface area (TPSA) is 55.4 Å². The van der Waals surface area contributed by atoms with Crippen LogP contribution in [0.4, 0.5) is 0 Å². The molecule has 0 saturated heterocycles. The first kappa shape index (κ1) is 52.8. The van der Waals surface area contributed by atoms with Crippen LogP contribution >= 0.6 is 0 Å². The number of hydrogen-bond acceptors (Lipinski definition) is 6. The van der Waals surface area contributed by atoms with Gasteiger partial charge in [0.15, 0.2) is 34.5 Å². The Kier molecular flexibility index (Phi) is 12.1. The number of fused-ring (bicyclic) bond motifs is 12. The lowest BCUT2D eigenvalue weighted by Crippen LogP contribution is -2.03. The van der Waals surface area contributed by atoms with Gasteiger partial charge in [0.25, 0.3) is 0 Å². The van der Waals surface area contributed by atoms with Crippen LogP contribution in [-0.4, -0.2) is 20.4 Å². The third-order valence-electron chi connectivity index (χ3n) is 19.1. The van der Waals surface area contributed by atoms with Gasteiger partial charge in [0.2, 0.25) is 20.4 Å². The van der Waals surface area contributed by atoms with E-state index in [1.165, 1.54) is 50.1 Å². The van der Waals surface area contributed by atoms with Gasteiger partial charge in [0.1, 0.15) is 0 Å². The monoisotopic (exact) mass is 1190 g/mol. The SMILES string of the molecule is C(=C1/c2ccccc2-c2ccc(-c3c(-c4ccccc4)c(-c4ccc5c(c4)/C(=C/c4ccc6c(c4)OCO6)c4ccccc4-5)c(-c4ccccc4)c(-c4ccc5c(c4)/C(=C/c4ccc6c(c4)OCO6)c4ccccc4-5)c3-c3ccccc3)cc21)/c1ccc2c(c1)OCO2. The maximum Gasteiger partial charge on any atom is 0.231 e. The van der Waals surface area contributed by atoms with Crippen molar-refractivity contribution in [2.45, 2.75) is 0 Å². The van der Waals surface area contributed by atoms with Crippen molar-refractivity contribution < 1.29 is 28.4 Å². The van der Waals surface area contributed by atoms with Gasteiger partial charge in [-0.15, -0.1) is 0 Å². The molecule has 3 heterocycles. The van der Waals surface area contributed by atoms with Crippen LogP contribution in [0.5, 0.6) is 34.5 Å². The minimum absolute atomic E-state index is 0.210. The number of benzene rings is 13. The van der Waals surface area contributed by atoms with Crippen LogP contribution in [0.3, 0.4) is 0 Å². The molecule has 0 atom stereocenters. The number of ether oxygens (including phenoxy) is 6. The van der Waals surface area contributed by atoms with E-state index >= 15 is 0 Å². The molecule has 93 heavy (non-hydrogen) atoms. The predicted octanol–water partition coefficient (Wildman–Crippen LogP) is 21.6. The first-order valence-corrected chi connectivity index (χ1v) is 31.6. The summed E-state index contributed by atoms with van der Waals surface area (Å²) in [5.41, 5.74) is 34.0. The molecular weight excluding hydrogens is 1140 g/mol. The van der Waals surface area contributed by atoms with E-state index in [4.69, 9.17) is 28.4 Å². The molecule has 0 bridgehead atoms. The second-order valence-electron chi connectivity index (χ2n) is 24.3. The molecule has 0 N–H and O–H groups in total. The van der Waals surface area contributed by atoms with Gasteiger partial charge in [-0.05, 0) is 240 Å². The molecule has 6 aliphatic rings. The Balaban J connectivity index is 0.944. The van der Waals surface area contributed by atoms with Crippen LogP contribution in [0.2, 0.25) is 0 Å². The molecule has 438 valence electrons. The van der Waals surface area contributed by atoms with E-state index in [0.29, 0.717) is 0 Å². The van der Waals surface area contributed by atoms with Crippen molar-refractivity contribution in [3.05, 3.63) is 323 Å². The van der Waals surface area contributed by atoms with Crippen molar-refractivity contribution in [2.24, 2.45) is 0 Å².